The predicted octanol–water partition coefficient (Wildman–Crippen LogP) is 16.4. The van der Waals surface area contributed by atoms with Gasteiger partial charge in [0.25, 0.3) is 0 Å². The van der Waals surface area contributed by atoms with Gasteiger partial charge in [0, 0.05) is 53.9 Å². The van der Waals surface area contributed by atoms with Crippen molar-refractivity contribution in [3.8, 4) is 28.8 Å². The molecule has 0 atom stereocenters. The Labute approximate surface area is 440 Å². The van der Waals surface area contributed by atoms with Gasteiger partial charge in [-0.05, 0) is 54.4 Å². The molecule has 318 valence electrons. The number of para-hydroxylation sites is 8. The Morgan fingerprint density at radius 1 is 0.377 bits per heavy atom. The number of rotatable bonds is 4. The summed E-state index contributed by atoms with van der Waals surface area (Å²) in [5.74, 6) is 0. The van der Waals surface area contributed by atoms with Gasteiger partial charge in [-0.3, -0.25) is 0 Å². The van der Waals surface area contributed by atoms with Crippen LogP contribution in [0.4, 0.5) is 5.69 Å². The summed E-state index contributed by atoms with van der Waals surface area (Å²) in [5, 5.41) is 5.22. The molecule has 0 aliphatic rings. The van der Waals surface area contributed by atoms with Crippen molar-refractivity contribution < 1.29 is 51.0 Å². The van der Waals surface area contributed by atoms with Crippen LogP contribution in [0.3, 0.4) is 0 Å². The molecule has 5 aromatic heterocycles. The second kappa shape index (κ2) is 13.9. The van der Waals surface area contributed by atoms with Crippen molar-refractivity contribution in [3.63, 3.8) is 0 Å². The Hall–Kier alpha value is -9.82. The van der Waals surface area contributed by atoms with E-state index in [0.29, 0.717) is 18.3 Å². The molecular weight excluding hydrogens is 845 g/mol. The molecule has 0 unspecified atom stereocenters. The second-order valence-electron chi connectivity index (χ2n) is 15.2. The van der Waals surface area contributed by atoms with Crippen LogP contribution in [-0.4, -0.2) is 18.3 Å². The number of fused-ring (bicyclic) bond motifs is 16. The molecule has 0 saturated heterocycles. The summed E-state index contributed by atoms with van der Waals surface area (Å²) in [6.45, 7) is 9.80. The van der Waals surface area contributed by atoms with Gasteiger partial charge < -0.3 is 22.7 Å². The highest BCUT2D eigenvalue weighted by molar-refractivity contribution is 6.23. The monoisotopic (exact) mass is 912 g/mol. The molecular formula is C62H34N6O. The third kappa shape index (κ3) is 4.82. The molecule has 5 heterocycles. The Morgan fingerprint density at radius 2 is 0.725 bits per heavy atom. The Bertz CT molecular complexity index is 6450. The highest BCUT2D eigenvalue weighted by Gasteiger charge is 2.35. The summed E-state index contributed by atoms with van der Waals surface area (Å²) in [4.78, 5) is 4.01. The van der Waals surface area contributed by atoms with Crippen molar-refractivity contribution in [2.75, 3.05) is 0 Å². The highest BCUT2D eigenvalue weighted by Crippen LogP contribution is 2.52. The first-order valence-electron chi connectivity index (χ1n) is 37.3. The quantitative estimate of drug-likeness (QED) is 0.165. The van der Waals surface area contributed by atoms with Gasteiger partial charge in [-0.15, -0.1) is 0 Å². The number of hydrogen-bond donors (Lipinski definition) is 0. The minimum absolute atomic E-state index is 0.590. The minimum atomic E-state index is -1.29. The minimum Gasteiger partial charge on any atom is -0.454 e. The van der Waals surface area contributed by atoms with Gasteiger partial charge >= 0.3 is 0 Å². The van der Waals surface area contributed by atoms with E-state index in [0.717, 1.165) is 0 Å². The van der Waals surface area contributed by atoms with Crippen molar-refractivity contribution in [2.45, 2.75) is 0 Å². The molecule has 15 rings (SSSR count). The van der Waals surface area contributed by atoms with Crippen LogP contribution >= 0.6 is 0 Å². The number of nitrogens with zero attached hydrogens (tertiary/aromatic N) is 6. The lowest BCUT2D eigenvalue weighted by Gasteiger charge is -2.27. The van der Waals surface area contributed by atoms with Gasteiger partial charge in [0.2, 0.25) is 5.69 Å². The van der Waals surface area contributed by atoms with Crippen molar-refractivity contribution in [1.82, 2.24) is 18.3 Å². The summed E-state index contributed by atoms with van der Waals surface area (Å²) < 4.78 is 330. The first kappa shape index (κ1) is 17.4. The molecule has 0 radical (unpaired) electrons. The molecule has 0 bridgehead atoms. The van der Waals surface area contributed by atoms with Crippen molar-refractivity contribution >= 4 is 115 Å². The molecule has 0 aliphatic heterocycles. The third-order valence-corrected chi connectivity index (χ3v) is 12.1. The van der Waals surface area contributed by atoms with Crippen LogP contribution in [0.15, 0.2) is 210 Å². The summed E-state index contributed by atoms with van der Waals surface area (Å²) in [7, 11) is 0. The van der Waals surface area contributed by atoms with E-state index in [4.69, 9.17) is 15.4 Å². The van der Waals surface area contributed by atoms with E-state index in [9.17, 15) is 47.5 Å². The van der Waals surface area contributed by atoms with Crippen molar-refractivity contribution in [1.29, 1.82) is 5.26 Å². The molecule has 7 nitrogen and oxygen atoms in total. The second-order valence-corrected chi connectivity index (χ2v) is 15.2. The van der Waals surface area contributed by atoms with Crippen LogP contribution in [-0.2, 0) is 0 Å². The normalized spacial score (nSPS) is 18.9. The number of hydrogen-bond acceptors (Lipinski definition) is 2. The lowest BCUT2D eigenvalue weighted by atomic mass is 10.0. The summed E-state index contributed by atoms with van der Waals surface area (Å²) >= 11 is 0. The SMILES string of the molecule is [2H]c1c([2H])c([2H])c2c(oc3c2c([2H])c([2H])c2c4c([2H])c([2H])c([2H])c([2H])c4n(-c4c(-n5c6c([2H])c([2H])c([2H])c([2H])c6c6c([2H])c([2H])c([2H])c([2H])c65)c(C#N)c(-n5c6c([2H])c([2H])c([2H])c([2H])c6c6c([2H])c([2H])c([2H])c([2H])c65)c([N+]#[C-])c4-n4c5c([2H])c([2H])c([2H])c([2H])c5c5c([2H])c([2H])c([2H])c([2H])c54)c32)c1[2H]. The van der Waals surface area contributed by atoms with E-state index in [2.05, 4.69) is 4.85 Å². The van der Waals surface area contributed by atoms with E-state index in [1.807, 2.05) is 6.07 Å². The first-order chi connectivity index (χ1) is 48.3. The maximum absolute atomic E-state index is 12.9. The molecule has 7 heteroatoms. The summed E-state index contributed by atoms with van der Waals surface area (Å²) in [6.07, 6.45) is 0. The van der Waals surface area contributed by atoms with Gasteiger partial charge in [-0.25, -0.2) is 4.85 Å². The lowest BCUT2D eigenvalue weighted by molar-refractivity contribution is 0.671. The van der Waals surface area contributed by atoms with Crippen molar-refractivity contribution in [3.05, 3.63) is 222 Å². The fourth-order valence-corrected chi connectivity index (χ4v) is 9.48. The Morgan fingerprint density at radius 3 is 1.16 bits per heavy atom. The van der Waals surface area contributed by atoms with E-state index in [1.165, 1.54) is 0 Å². The van der Waals surface area contributed by atoms with Crippen LogP contribution in [0.2, 0.25) is 0 Å². The number of nitriles is 1. The fourth-order valence-electron chi connectivity index (χ4n) is 9.48. The Balaban J connectivity index is 1.46. The van der Waals surface area contributed by atoms with Crippen molar-refractivity contribution in [2.24, 2.45) is 0 Å². The fraction of sp³-hybridized carbons (Fsp3) is 0. The van der Waals surface area contributed by atoms with E-state index >= 15 is 0 Å². The lowest BCUT2D eigenvalue weighted by Crippen LogP contribution is -2.14. The van der Waals surface area contributed by atoms with E-state index < -0.39 is 349 Å². The average Bonchev–Trinajstić information content (AvgIpc) is 1.40. The van der Waals surface area contributed by atoms with Gasteiger partial charge in [0.05, 0.1) is 126 Å². The largest absolute Gasteiger partial charge is 0.454 e. The zero-order valence-electron chi connectivity index (χ0n) is 68.1. The zero-order chi connectivity index (χ0) is 75.1. The van der Waals surface area contributed by atoms with Crippen LogP contribution in [0.1, 0.15) is 52.2 Å². The topological polar surface area (TPSA) is 61.0 Å². The Kier molecular flexibility index (Phi) is 3.50. The number of benzene rings is 10. The predicted molar refractivity (Wildman–Crippen MR) is 282 cm³/mol. The molecule has 10 aromatic carbocycles. The summed E-state index contributed by atoms with van der Waals surface area (Å²) in [6, 6.07) is -34.8. The van der Waals surface area contributed by atoms with Crippen LogP contribution < -0.4 is 0 Å². The maximum Gasteiger partial charge on any atom is 0.237 e. The van der Waals surface area contributed by atoms with Gasteiger partial charge in [-0.2, -0.15) is 5.26 Å². The van der Waals surface area contributed by atoms with Crippen LogP contribution in [0, 0.1) is 17.9 Å². The standard InChI is InChI=1S/C62H34N6O/c1-64-56-57(65-48-26-10-2-18-37(48)38-19-3-11-27-49(38)65)47(36-63)58(66-50-28-12-4-20-39(50)40-21-5-13-29-51(40)66)61(60(56)67-52-30-14-6-22-41(52)42-23-7-15-31-53(42)67)68-54-32-16-8-24-43(54)45-34-35-46-44-25-9-17-33-55(44)69-62(46)59(45)68/h2-35H/i2D,3D,4D,5D,6D,7D,8D,9D,10D,11D,12D,13D,14D,15D,16D,17D,18D,19D,20D,21D,22D,23D,24D,25D,26D,27D,28D,29D,30D,31D,32D,33D,34D,35D. The highest BCUT2D eigenvalue weighted by atomic mass is 16.3. The molecule has 15 aromatic rings. The van der Waals surface area contributed by atoms with Gasteiger partial charge in [0.1, 0.15) is 11.7 Å². The summed E-state index contributed by atoms with van der Waals surface area (Å²) in [5.41, 5.74) is -16.6. The average molecular weight is 913 g/mol. The molecule has 0 amide bonds. The zero-order valence-corrected chi connectivity index (χ0v) is 34.1. The number of aromatic nitrogens is 4. The molecule has 69 heavy (non-hydrogen) atoms. The maximum atomic E-state index is 12.9. The molecule has 0 saturated carbocycles. The van der Waals surface area contributed by atoms with Crippen LogP contribution in [0.5, 0.6) is 0 Å². The van der Waals surface area contributed by atoms with E-state index in [-0.39, 0.29) is 0 Å². The molecule has 0 N–H and O–H groups in total. The van der Waals surface area contributed by atoms with Crippen LogP contribution in [0.25, 0.3) is 137 Å². The first-order valence-corrected chi connectivity index (χ1v) is 20.3. The molecule has 0 spiro atoms. The molecule has 0 fully saturated rings. The number of furan rings is 1. The van der Waals surface area contributed by atoms with Gasteiger partial charge in [0.15, 0.2) is 5.58 Å². The third-order valence-electron chi connectivity index (χ3n) is 12.1. The smallest absolute Gasteiger partial charge is 0.237 e. The van der Waals surface area contributed by atoms with Gasteiger partial charge in [-0.1, -0.05) is 151 Å². The molecule has 0 aliphatic carbocycles. The van der Waals surface area contributed by atoms with E-state index in [1.54, 1.807) is 0 Å².